The van der Waals surface area contributed by atoms with Gasteiger partial charge in [-0.15, -0.1) is 0 Å². The Balaban J connectivity index is 4.01. The molecule has 0 N–H and O–H groups in total. The van der Waals surface area contributed by atoms with Gasteiger partial charge in [-0.05, 0) is 89.9 Å². The zero-order chi connectivity index (χ0) is 52.2. The van der Waals surface area contributed by atoms with Gasteiger partial charge in [0.05, 0.1) is 0 Å². The van der Waals surface area contributed by atoms with Crippen LogP contribution < -0.4 is 0 Å². The van der Waals surface area contributed by atoms with Gasteiger partial charge >= 0.3 is 17.9 Å². The third-order valence-electron chi connectivity index (χ3n) is 13.4. The Kier molecular flexibility index (Phi) is 57.8. The van der Waals surface area contributed by atoms with E-state index < -0.39 is 6.10 Å². The average molecular weight is 1010 g/mol. The van der Waals surface area contributed by atoms with Crippen LogP contribution in [0.2, 0.25) is 0 Å². The molecule has 0 aromatic heterocycles. The summed E-state index contributed by atoms with van der Waals surface area (Å²) < 4.78 is 16.8. The number of ether oxygens (including phenoxy) is 3. The number of esters is 3. The normalized spacial score (nSPS) is 12.5. The van der Waals surface area contributed by atoms with Crippen LogP contribution in [0.1, 0.15) is 310 Å². The highest BCUT2D eigenvalue weighted by atomic mass is 16.6. The summed E-state index contributed by atoms with van der Waals surface area (Å²) in [6.45, 7) is 6.50. The Labute approximate surface area is 446 Å². The molecule has 0 amide bonds. The van der Waals surface area contributed by atoms with E-state index in [1.54, 1.807) is 0 Å². The lowest BCUT2D eigenvalue weighted by Gasteiger charge is -2.18. The molecule has 0 heterocycles. The van der Waals surface area contributed by atoms with E-state index in [0.29, 0.717) is 19.3 Å². The second-order valence-electron chi connectivity index (χ2n) is 20.6. The van der Waals surface area contributed by atoms with Crippen LogP contribution in [-0.4, -0.2) is 37.2 Å². The molecule has 0 aromatic carbocycles. The molecule has 1 atom stereocenters. The van der Waals surface area contributed by atoms with Gasteiger partial charge in [0.15, 0.2) is 6.10 Å². The summed E-state index contributed by atoms with van der Waals surface area (Å²) in [7, 11) is 0. The van der Waals surface area contributed by atoms with Crippen molar-refractivity contribution in [2.45, 2.75) is 316 Å². The van der Waals surface area contributed by atoms with Crippen LogP contribution in [0.25, 0.3) is 0 Å². The SMILES string of the molecule is CC/C=C\C/C=C\C/C=C\C/C=C\C/C=C\CCCCCCCCCCCCCCCCCCCC(=O)OCC(COC(=O)CCCCCCCCCC)OC(=O)CCCCCCC/C=C\CCCCCC. The highest BCUT2D eigenvalue weighted by molar-refractivity contribution is 5.71. The van der Waals surface area contributed by atoms with E-state index in [0.717, 1.165) is 96.3 Å². The van der Waals surface area contributed by atoms with Gasteiger partial charge in [-0.2, -0.15) is 0 Å². The molecule has 0 saturated heterocycles. The first-order valence-electron chi connectivity index (χ1n) is 30.9. The first kappa shape index (κ1) is 68.8. The summed E-state index contributed by atoms with van der Waals surface area (Å²) in [5.74, 6) is -0.876. The van der Waals surface area contributed by atoms with Crippen LogP contribution in [-0.2, 0) is 28.6 Å². The Morgan fingerprint density at radius 2 is 0.542 bits per heavy atom. The fraction of sp³-hybridized carbons (Fsp3) is 0.773. The van der Waals surface area contributed by atoms with E-state index in [9.17, 15) is 14.4 Å². The molecule has 0 fully saturated rings. The molecular weight excluding hydrogens is 889 g/mol. The zero-order valence-corrected chi connectivity index (χ0v) is 47.7. The van der Waals surface area contributed by atoms with Gasteiger partial charge in [0.25, 0.3) is 0 Å². The predicted octanol–water partition coefficient (Wildman–Crippen LogP) is 20.9. The summed E-state index contributed by atoms with van der Waals surface area (Å²) in [6, 6.07) is 0. The molecule has 0 aromatic rings. The van der Waals surface area contributed by atoms with E-state index in [-0.39, 0.29) is 31.1 Å². The van der Waals surface area contributed by atoms with Gasteiger partial charge in [-0.1, -0.05) is 273 Å². The second-order valence-corrected chi connectivity index (χ2v) is 20.6. The fourth-order valence-electron chi connectivity index (χ4n) is 8.82. The smallest absolute Gasteiger partial charge is 0.306 e. The number of rotatable bonds is 56. The number of hydrogen-bond acceptors (Lipinski definition) is 6. The molecule has 0 aliphatic carbocycles. The van der Waals surface area contributed by atoms with Gasteiger partial charge in [0.2, 0.25) is 0 Å². The van der Waals surface area contributed by atoms with Crippen molar-refractivity contribution in [2.75, 3.05) is 13.2 Å². The largest absolute Gasteiger partial charge is 0.462 e. The molecule has 0 saturated carbocycles. The van der Waals surface area contributed by atoms with E-state index in [1.807, 2.05) is 0 Å². The third kappa shape index (κ3) is 57.7. The number of allylic oxidation sites excluding steroid dienone is 12. The number of carbonyl (C=O) groups excluding carboxylic acids is 3. The van der Waals surface area contributed by atoms with Crippen molar-refractivity contribution < 1.29 is 28.6 Å². The summed E-state index contributed by atoms with van der Waals surface area (Å²) in [4.78, 5) is 38.0. The van der Waals surface area contributed by atoms with Crippen molar-refractivity contribution in [1.82, 2.24) is 0 Å². The summed E-state index contributed by atoms with van der Waals surface area (Å²) in [5, 5.41) is 0. The minimum atomic E-state index is -0.773. The quantitative estimate of drug-likeness (QED) is 0.0261. The molecule has 6 heteroatoms. The Morgan fingerprint density at radius 3 is 0.875 bits per heavy atom. The van der Waals surface area contributed by atoms with Crippen molar-refractivity contribution in [3.63, 3.8) is 0 Å². The van der Waals surface area contributed by atoms with Crippen molar-refractivity contribution in [1.29, 1.82) is 0 Å². The number of unbranched alkanes of at least 4 members (excludes halogenated alkanes) is 33. The van der Waals surface area contributed by atoms with Gasteiger partial charge in [0.1, 0.15) is 13.2 Å². The molecule has 0 spiro atoms. The first-order chi connectivity index (χ1) is 35.5. The third-order valence-corrected chi connectivity index (χ3v) is 13.4. The maximum atomic E-state index is 12.8. The number of hydrogen-bond donors (Lipinski definition) is 0. The molecule has 0 rings (SSSR count). The first-order valence-corrected chi connectivity index (χ1v) is 30.9. The average Bonchev–Trinajstić information content (AvgIpc) is 3.38. The van der Waals surface area contributed by atoms with E-state index in [1.165, 1.54) is 173 Å². The Morgan fingerprint density at radius 1 is 0.292 bits per heavy atom. The van der Waals surface area contributed by atoms with Crippen molar-refractivity contribution in [2.24, 2.45) is 0 Å². The molecular formula is C66H116O6. The van der Waals surface area contributed by atoms with Crippen LogP contribution in [0, 0.1) is 0 Å². The van der Waals surface area contributed by atoms with Crippen LogP contribution in [0.3, 0.4) is 0 Å². The van der Waals surface area contributed by atoms with Crippen LogP contribution in [0.5, 0.6) is 0 Å². The molecule has 6 nitrogen and oxygen atoms in total. The minimum absolute atomic E-state index is 0.0741. The topological polar surface area (TPSA) is 78.9 Å². The molecule has 0 aliphatic heterocycles. The molecule has 1 unspecified atom stereocenters. The zero-order valence-electron chi connectivity index (χ0n) is 47.7. The second kappa shape index (κ2) is 60.4. The maximum absolute atomic E-state index is 12.8. The van der Waals surface area contributed by atoms with E-state index in [4.69, 9.17) is 14.2 Å². The lowest BCUT2D eigenvalue weighted by molar-refractivity contribution is -0.167. The molecule has 0 aliphatic rings. The summed E-state index contributed by atoms with van der Waals surface area (Å²) in [6.07, 6.45) is 77.9. The van der Waals surface area contributed by atoms with Gasteiger partial charge in [-0.3, -0.25) is 14.4 Å². The predicted molar refractivity (Wildman–Crippen MR) is 311 cm³/mol. The van der Waals surface area contributed by atoms with Crippen LogP contribution in [0.4, 0.5) is 0 Å². The molecule has 72 heavy (non-hydrogen) atoms. The number of carbonyl (C=O) groups is 3. The standard InChI is InChI=1S/C66H116O6/c1-4-7-10-13-16-19-21-23-24-25-26-27-28-29-30-31-32-33-34-35-36-37-38-39-40-41-42-44-45-47-50-53-56-59-65(68)71-62-63(61-70-64(67)58-55-52-49-18-15-12-9-6-3)72-66(69)60-57-54-51-48-46-43-22-20-17-14-11-8-5-2/h7,10,16,19-20,22-24,26-27,29-30,63H,4-6,8-9,11-15,17-18,21,25,28,31-62H2,1-3H3/b10-7-,19-16-,22-20-,24-23-,27-26-,30-29-. The molecule has 0 bridgehead atoms. The molecule has 416 valence electrons. The van der Waals surface area contributed by atoms with E-state index >= 15 is 0 Å². The highest BCUT2D eigenvalue weighted by Crippen LogP contribution is 2.17. The van der Waals surface area contributed by atoms with Crippen molar-refractivity contribution >= 4 is 17.9 Å². The lowest BCUT2D eigenvalue weighted by Crippen LogP contribution is -2.30. The highest BCUT2D eigenvalue weighted by Gasteiger charge is 2.19. The maximum Gasteiger partial charge on any atom is 0.306 e. The molecule has 0 radical (unpaired) electrons. The summed E-state index contributed by atoms with van der Waals surface area (Å²) in [5.41, 5.74) is 0. The fourth-order valence-corrected chi connectivity index (χ4v) is 8.82. The monoisotopic (exact) mass is 1000 g/mol. The van der Waals surface area contributed by atoms with Gasteiger partial charge in [-0.25, -0.2) is 0 Å². The van der Waals surface area contributed by atoms with E-state index in [2.05, 4.69) is 93.7 Å². The van der Waals surface area contributed by atoms with Crippen molar-refractivity contribution in [3.8, 4) is 0 Å². The minimum Gasteiger partial charge on any atom is -0.462 e. The summed E-state index contributed by atoms with van der Waals surface area (Å²) >= 11 is 0. The van der Waals surface area contributed by atoms with Crippen LogP contribution in [0.15, 0.2) is 72.9 Å². The van der Waals surface area contributed by atoms with Crippen LogP contribution >= 0.6 is 0 Å². The van der Waals surface area contributed by atoms with Crippen molar-refractivity contribution in [3.05, 3.63) is 72.9 Å². The van der Waals surface area contributed by atoms with Gasteiger partial charge in [0, 0.05) is 19.3 Å². The Hall–Kier alpha value is -3.15. The van der Waals surface area contributed by atoms with Gasteiger partial charge < -0.3 is 14.2 Å². The Bertz CT molecular complexity index is 1340. The lowest BCUT2D eigenvalue weighted by atomic mass is 10.0.